The van der Waals surface area contributed by atoms with Gasteiger partial charge >= 0.3 is 0 Å². The van der Waals surface area contributed by atoms with E-state index in [9.17, 15) is 0 Å². The van der Waals surface area contributed by atoms with Crippen molar-refractivity contribution in [2.24, 2.45) is 23.7 Å². The van der Waals surface area contributed by atoms with Crippen LogP contribution in [0.3, 0.4) is 0 Å². The van der Waals surface area contributed by atoms with Crippen LogP contribution in [0.4, 0.5) is 0 Å². The minimum atomic E-state index is 0.640. The SMILES string of the molecule is CC(C)CC(CN(C)C)NC1CC(C)CCC1C(C)C. The first-order chi connectivity index (χ1) is 9.29. The fourth-order valence-corrected chi connectivity index (χ4v) is 3.90. The lowest BCUT2D eigenvalue weighted by atomic mass is 9.73. The van der Waals surface area contributed by atoms with Crippen molar-refractivity contribution >= 4 is 0 Å². The normalized spacial score (nSPS) is 29.4. The molecule has 120 valence electrons. The fraction of sp³-hybridized carbons (Fsp3) is 1.00. The second-order valence-electron chi connectivity index (χ2n) is 8.19. The standard InChI is InChI=1S/C18H38N2/c1-13(2)10-16(12-20(6)7)19-18-11-15(5)8-9-17(18)14(3)4/h13-19H,8-12H2,1-7H3. The molecule has 0 aliphatic heterocycles. The summed E-state index contributed by atoms with van der Waals surface area (Å²) in [5.41, 5.74) is 0. The Balaban J connectivity index is 2.66. The predicted molar refractivity (Wildman–Crippen MR) is 90.1 cm³/mol. The maximum absolute atomic E-state index is 4.04. The maximum Gasteiger partial charge on any atom is 0.0199 e. The van der Waals surface area contributed by atoms with Gasteiger partial charge in [0.2, 0.25) is 0 Å². The van der Waals surface area contributed by atoms with E-state index in [0.29, 0.717) is 6.04 Å². The molecule has 0 aromatic rings. The number of hydrogen-bond acceptors (Lipinski definition) is 2. The Morgan fingerprint density at radius 2 is 1.75 bits per heavy atom. The molecule has 0 aromatic heterocycles. The van der Waals surface area contributed by atoms with Gasteiger partial charge < -0.3 is 10.2 Å². The molecule has 4 atom stereocenters. The van der Waals surface area contributed by atoms with Crippen molar-refractivity contribution in [2.75, 3.05) is 20.6 Å². The highest BCUT2D eigenvalue weighted by Gasteiger charge is 2.32. The van der Waals surface area contributed by atoms with Crippen LogP contribution >= 0.6 is 0 Å². The summed E-state index contributed by atoms with van der Waals surface area (Å²) in [6, 6.07) is 1.36. The third kappa shape index (κ3) is 6.13. The summed E-state index contributed by atoms with van der Waals surface area (Å²) in [6.07, 6.45) is 5.48. The Morgan fingerprint density at radius 1 is 1.10 bits per heavy atom. The van der Waals surface area contributed by atoms with Crippen molar-refractivity contribution in [3.05, 3.63) is 0 Å². The third-order valence-corrected chi connectivity index (χ3v) is 4.81. The van der Waals surface area contributed by atoms with E-state index in [1.807, 2.05) is 0 Å². The first-order valence-electron chi connectivity index (χ1n) is 8.70. The zero-order valence-corrected chi connectivity index (χ0v) is 14.9. The van der Waals surface area contributed by atoms with Crippen molar-refractivity contribution in [2.45, 2.75) is 72.4 Å². The van der Waals surface area contributed by atoms with Crippen molar-refractivity contribution in [1.82, 2.24) is 10.2 Å². The molecular formula is C18H38N2. The van der Waals surface area contributed by atoms with E-state index < -0.39 is 0 Å². The molecule has 0 amide bonds. The molecule has 2 heteroatoms. The highest BCUT2D eigenvalue weighted by atomic mass is 15.1. The predicted octanol–water partition coefficient (Wildman–Crippen LogP) is 4.01. The van der Waals surface area contributed by atoms with Gasteiger partial charge in [-0.25, -0.2) is 0 Å². The Kier molecular flexibility index (Phi) is 7.53. The van der Waals surface area contributed by atoms with Crippen LogP contribution in [0.1, 0.15) is 60.3 Å². The second-order valence-corrected chi connectivity index (χ2v) is 8.19. The molecule has 0 saturated heterocycles. The minimum Gasteiger partial charge on any atom is -0.310 e. The van der Waals surface area contributed by atoms with Gasteiger partial charge in [0.15, 0.2) is 0 Å². The van der Waals surface area contributed by atoms with E-state index >= 15 is 0 Å². The molecule has 2 nitrogen and oxygen atoms in total. The summed E-state index contributed by atoms with van der Waals surface area (Å²) < 4.78 is 0. The Bertz CT molecular complexity index is 250. The molecular weight excluding hydrogens is 244 g/mol. The Morgan fingerprint density at radius 3 is 2.25 bits per heavy atom. The topological polar surface area (TPSA) is 15.3 Å². The molecule has 0 bridgehead atoms. The largest absolute Gasteiger partial charge is 0.310 e. The lowest BCUT2D eigenvalue weighted by molar-refractivity contribution is 0.147. The quantitative estimate of drug-likeness (QED) is 0.759. The average molecular weight is 283 g/mol. The van der Waals surface area contributed by atoms with E-state index in [4.69, 9.17) is 0 Å². The average Bonchev–Trinajstić information content (AvgIpc) is 2.26. The molecule has 1 aliphatic rings. The molecule has 0 radical (unpaired) electrons. The minimum absolute atomic E-state index is 0.640. The highest BCUT2D eigenvalue weighted by Crippen LogP contribution is 2.34. The molecule has 1 saturated carbocycles. The summed E-state index contributed by atoms with van der Waals surface area (Å²) in [5.74, 6) is 3.33. The van der Waals surface area contributed by atoms with E-state index in [1.54, 1.807) is 0 Å². The summed E-state index contributed by atoms with van der Waals surface area (Å²) in [7, 11) is 4.39. The van der Waals surface area contributed by atoms with Crippen LogP contribution in [-0.2, 0) is 0 Å². The van der Waals surface area contributed by atoms with E-state index in [2.05, 4.69) is 58.9 Å². The van der Waals surface area contributed by atoms with Crippen LogP contribution in [0, 0.1) is 23.7 Å². The van der Waals surface area contributed by atoms with Gasteiger partial charge in [0.25, 0.3) is 0 Å². The van der Waals surface area contributed by atoms with Crippen molar-refractivity contribution < 1.29 is 0 Å². The second kappa shape index (κ2) is 8.38. The molecule has 0 aromatic carbocycles. The number of nitrogens with one attached hydrogen (secondary N) is 1. The summed E-state index contributed by atoms with van der Waals surface area (Å²) in [6.45, 7) is 13.1. The van der Waals surface area contributed by atoms with E-state index in [1.165, 1.54) is 25.7 Å². The number of rotatable bonds is 7. The Hall–Kier alpha value is -0.0800. The summed E-state index contributed by atoms with van der Waals surface area (Å²) in [5, 5.41) is 4.04. The molecule has 1 rings (SSSR count). The van der Waals surface area contributed by atoms with Crippen molar-refractivity contribution in [3.8, 4) is 0 Å². The van der Waals surface area contributed by atoms with Gasteiger partial charge in [-0.15, -0.1) is 0 Å². The van der Waals surface area contributed by atoms with Gasteiger partial charge in [0, 0.05) is 18.6 Å². The van der Waals surface area contributed by atoms with Gasteiger partial charge in [-0.1, -0.05) is 41.0 Å². The summed E-state index contributed by atoms with van der Waals surface area (Å²) in [4.78, 5) is 2.33. The third-order valence-electron chi connectivity index (χ3n) is 4.81. The highest BCUT2D eigenvalue weighted by molar-refractivity contribution is 4.88. The molecule has 1 fully saturated rings. The van der Waals surface area contributed by atoms with Crippen LogP contribution < -0.4 is 5.32 Å². The van der Waals surface area contributed by atoms with Crippen LogP contribution in [0.5, 0.6) is 0 Å². The maximum atomic E-state index is 4.04. The summed E-state index contributed by atoms with van der Waals surface area (Å²) >= 11 is 0. The first kappa shape index (κ1) is 18.0. The van der Waals surface area contributed by atoms with Crippen LogP contribution in [0.2, 0.25) is 0 Å². The lowest BCUT2D eigenvalue weighted by Crippen LogP contribution is -2.50. The van der Waals surface area contributed by atoms with Gasteiger partial charge in [-0.05, 0) is 57.0 Å². The van der Waals surface area contributed by atoms with Crippen molar-refractivity contribution in [3.63, 3.8) is 0 Å². The first-order valence-corrected chi connectivity index (χ1v) is 8.70. The number of hydrogen-bond donors (Lipinski definition) is 1. The molecule has 4 unspecified atom stereocenters. The van der Waals surface area contributed by atoms with Crippen LogP contribution in [0.25, 0.3) is 0 Å². The number of nitrogens with zero attached hydrogens (tertiary/aromatic N) is 1. The molecule has 1 N–H and O–H groups in total. The molecule has 20 heavy (non-hydrogen) atoms. The fourth-order valence-electron chi connectivity index (χ4n) is 3.90. The van der Waals surface area contributed by atoms with Crippen molar-refractivity contribution in [1.29, 1.82) is 0 Å². The van der Waals surface area contributed by atoms with Gasteiger partial charge in [-0.3, -0.25) is 0 Å². The zero-order valence-electron chi connectivity index (χ0n) is 14.9. The van der Waals surface area contributed by atoms with Gasteiger partial charge in [0.05, 0.1) is 0 Å². The monoisotopic (exact) mass is 282 g/mol. The van der Waals surface area contributed by atoms with Crippen LogP contribution in [-0.4, -0.2) is 37.6 Å². The molecule has 0 spiro atoms. The Labute approximate surface area is 127 Å². The van der Waals surface area contributed by atoms with Crippen LogP contribution in [0.15, 0.2) is 0 Å². The van der Waals surface area contributed by atoms with Gasteiger partial charge in [-0.2, -0.15) is 0 Å². The lowest BCUT2D eigenvalue weighted by Gasteiger charge is -2.40. The zero-order chi connectivity index (χ0) is 15.3. The van der Waals surface area contributed by atoms with Gasteiger partial charge in [0.1, 0.15) is 0 Å². The smallest absolute Gasteiger partial charge is 0.0199 e. The van der Waals surface area contributed by atoms with E-state index in [0.717, 1.165) is 36.3 Å². The molecule has 0 heterocycles. The van der Waals surface area contributed by atoms with E-state index in [-0.39, 0.29) is 0 Å². The number of likely N-dealkylation sites (N-methyl/N-ethyl adjacent to an activating group) is 1. The molecule has 1 aliphatic carbocycles.